The molecule has 156 valence electrons. The molecule has 0 amide bonds. The normalized spacial score (nSPS) is 14.5. The Balaban J connectivity index is 1.60. The first kappa shape index (κ1) is 20.0. The fourth-order valence-electron chi connectivity index (χ4n) is 3.68. The van der Waals surface area contributed by atoms with Crippen LogP contribution >= 0.6 is 0 Å². The predicted molar refractivity (Wildman–Crippen MR) is 114 cm³/mol. The molecule has 0 unspecified atom stereocenters. The molecular weight excluding hydrogens is 387 g/mol. The number of nitro benzene ring substituents is 1. The van der Waals surface area contributed by atoms with E-state index in [0.717, 1.165) is 31.6 Å². The van der Waals surface area contributed by atoms with Crippen molar-refractivity contribution in [3.05, 3.63) is 64.2 Å². The quantitative estimate of drug-likeness (QED) is 0.476. The van der Waals surface area contributed by atoms with Crippen molar-refractivity contribution in [3.8, 4) is 0 Å². The number of hydrogen-bond donors (Lipinski definition) is 2. The van der Waals surface area contributed by atoms with Crippen LogP contribution in [0.25, 0.3) is 10.9 Å². The maximum atomic E-state index is 13.0. The number of aromatic nitrogens is 2. The molecule has 8 nitrogen and oxygen atoms in total. The fraction of sp³-hybridized carbons (Fsp3) is 0.333. The lowest BCUT2D eigenvalue weighted by molar-refractivity contribution is -0.384. The lowest BCUT2D eigenvalue weighted by atomic mass is 10.1. The van der Waals surface area contributed by atoms with Crippen molar-refractivity contribution in [2.75, 3.05) is 42.9 Å². The summed E-state index contributed by atoms with van der Waals surface area (Å²) in [6.45, 7) is 3.72. The predicted octanol–water partition coefficient (Wildman–Crippen LogP) is 3.13. The molecule has 1 saturated heterocycles. The van der Waals surface area contributed by atoms with Gasteiger partial charge >= 0.3 is 0 Å². The second-order valence-electron chi connectivity index (χ2n) is 7.23. The smallest absolute Gasteiger partial charge is 0.293 e. The zero-order chi connectivity index (χ0) is 20.9. The maximum Gasteiger partial charge on any atom is 0.293 e. The van der Waals surface area contributed by atoms with Crippen LogP contribution in [-0.2, 0) is 6.42 Å². The molecule has 0 bridgehead atoms. The van der Waals surface area contributed by atoms with Gasteiger partial charge in [0.15, 0.2) is 0 Å². The van der Waals surface area contributed by atoms with Gasteiger partial charge in [-0.25, -0.2) is 14.4 Å². The van der Waals surface area contributed by atoms with Crippen molar-refractivity contribution < 1.29 is 9.31 Å². The topological polar surface area (TPSA) is 96.2 Å². The molecule has 1 aliphatic heterocycles. The van der Waals surface area contributed by atoms with Gasteiger partial charge in [0.1, 0.15) is 23.6 Å². The van der Waals surface area contributed by atoms with Gasteiger partial charge in [0, 0.05) is 37.6 Å². The summed E-state index contributed by atoms with van der Waals surface area (Å²) in [5.74, 6) is 0.283. The number of nitrogens with zero attached hydrogens (tertiary/aromatic N) is 4. The standard InChI is InChI=1S/C21H23FN6O2/c22-16-4-2-15(3-5-16)6-8-24-21-17-12-20(28(29)30)19(13-18(17)25-14-26-21)27-10-1-7-23-9-11-27/h2-5,12-14,23H,1,6-11H2,(H,24,25,26). The lowest BCUT2D eigenvalue weighted by Gasteiger charge is -2.22. The van der Waals surface area contributed by atoms with Crippen LogP contribution in [0.1, 0.15) is 12.0 Å². The van der Waals surface area contributed by atoms with Crippen molar-refractivity contribution >= 4 is 28.1 Å². The number of halogens is 1. The van der Waals surface area contributed by atoms with Crippen LogP contribution in [0.3, 0.4) is 0 Å². The highest BCUT2D eigenvalue weighted by molar-refractivity contribution is 5.94. The summed E-state index contributed by atoms with van der Waals surface area (Å²) in [7, 11) is 0. The van der Waals surface area contributed by atoms with E-state index in [4.69, 9.17) is 0 Å². The molecule has 2 aromatic carbocycles. The van der Waals surface area contributed by atoms with E-state index < -0.39 is 0 Å². The Labute approximate surface area is 173 Å². The molecule has 1 aromatic heterocycles. The fourth-order valence-corrected chi connectivity index (χ4v) is 3.68. The van der Waals surface area contributed by atoms with E-state index >= 15 is 0 Å². The molecule has 0 radical (unpaired) electrons. The van der Waals surface area contributed by atoms with Crippen LogP contribution in [0.4, 0.5) is 21.6 Å². The first-order chi connectivity index (χ1) is 14.6. The third-order valence-electron chi connectivity index (χ3n) is 5.23. The van der Waals surface area contributed by atoms with E-state index in [9.17, 15) is 14.5 Å². The third-order valence-corrected chi connectivity index (χ3v) is 5.23. The molecule has 0 spiro atoms. The Morgan fingerprint density at radius 1 is 1.17 bits per heavy atom. The Hall–Kier alpha value is -3.33. The largest absolute Gasteiger partial charge is 0.369 e. The number of fused-ring (bicyclic) bond motifs is 1. The SMILES string of the molecule is O=[N+]([O-])c1cc2c(NCCc3ccc(F)cc3)ncnc2cc1N1CCCNCC1. The minimum atomic E-state index is -0.345. The van der Waals surface area contributed by atoms with Gasteiger partial charge in [-0.2, -0.15) is 0 Å². The van der Waals surface area contributed by atoms with E-state index in [1.165, 1.54) is 18.5 Å². The molecule has 1 fully saturated rings. The molecule has 3 aromatic rings. The molecule has 9 heteroatoms. The van der Waals surface area contributed by atoms with Gasteiger partial charge in [-0.1, -0.05) is 12.1 Å². The van der Waals surface area contributed by atoms with E-state index in [2.05, 4.69) is 20.6 Å². The van der Waals surface area contributed by atoms with E-state index in [1.54, 1.807) is 24.3 Å². The highest BCUT2D eigenvalue weighted by Crippen LogP contribution is 2.34. The Kier molecular flexibility index (Phi) is 5.99. The second-order valence-corrected chi connectivity index (χ2v) is 7.23. The minimum absolute atomic E-state index is 0.0563. The summed E-state index contributed by atoms with van der Waals surface area (Å²) < 4.78 is 13.0. The van der Waals surface area contributed by atoms with Gasteiger partial charge in [-0.05, 0) is 43.1 Å². The third kappa shape index (κ3) is 4.46. The molecule has 2 heterocycles. The van der Waals surface area contributed by atoms with E-state index in [0.29, 0.717) is 41.9 Å². The number of anilines is 2. The molecule has 0 atom stereocenters. The van der Waals surface area contributed by atoms with Crippen LogP contribution in [0, 0.1) is 15.9 Å². The molecule has 30 heavy (non-hydrogen) atoms. The molecule has 2 N–H and O–H groups in total. The number of hydrogen-bond acceptors (Lipinski definition) is 7. The number of nitro groups is 1. The van der Waals surface area contributed by atoms with Gasteiger partial charge in [-0.3, -0.25) is 10.1 Å². The summed E-state index contributed by atoms with van der Waals surface area (Å²) in [6.07, 6.45) is 3.06. The average Bonchev–Trinajstić information content (AvgIpc) is 3.04. The van der Waals surface area contributed by atoms with Crippen LogP contribution < -0.4 is 15.5 Å². The Bertz CT molecular complexity index is 1040. The second kappa shape index (κ2) is 9.00. The molecule has 0 saturated carbocycles. The van der Waals surface area contributed by atoms with Crippen LogP contribution in [-0.4, -0.2) is 47.6 Å². The summed E-state index contributed by atoms with van der Waals surface area (Å²) in [5.41, 5.74) is 2.30. The molecule has 4 rings (SSSR count). The monoisotopic (exact) mass is 410 g/mol. The number of nitrogens with one attached hydrogen (secondary N) is 2. The van der Waals surface area contributed by atoms with E-state index in [1.807, 2.05) is 4.90 Å². The summed E-state index contributed by atoms with van der Waals surface area (Å²) in [4.78, 5) is 22.1. The average molecular weight is 410 g/mol. The van der Waals surface area contributed by atoms with Crippen molar-refractivity contribution in [1.29, 1.82) is 0 Å². The first-order valence-electron chi connectivity index (χ1n) is 9.99. The van der Waals surface area contributed by atoms with Crippen LogP contribution in [0.15, 0.2) is 42.7 Å². The van der Waals surface area contributed by atoms with Crippen molar-refractivity contribution in [3.63, 3.8) is 0 Å². The summed E-state index contributed by atoms with van der Waals surface area (Å²) in [6, 6.07) is 9.68. The maximum absolute atomic E-state index is 13.0. The van der Waals surface area contributed by atoms with Crippen molar-refractivity contribution in [2.24, 2.45) is 0 Å². The van der Waals surface area contributed by atoms with Crippen LogP contribution in [0.5, 0.6) is 0 Å². The van der Waals surface area contributed by atoms with Gasteiger partial charge in [0.05, 0.1) is 10.4 Å². The zero-order valence-electron chi connectivity index (χ0n) is 16.5. The zero-order valence-corrected chi connectivity index (χ0v) is 16.5. The van der Waals surface area contributed by atoms with Gasteiger partial charge < -0.3 is 15.5 Å². The molecule has 1 aliphatic rings. The lowest BCUT2D eigenvalue weighted by Crippen LogP contribution is -2.28. The van der Waals surface area contributed by atoms with Crippen molar-refractivity contribution in [2.45, 2.75) is 12.8 Å². The Morgan fingerprint density at radius 2 is 2.00 bits per heavy atom. The minimum Gasteiger partial charge on any atom is -0.369 e. The first-order valence-corrected chi connectivity index (χ1v) is 9.99. The van der Waals surface area contributed by atoms with Crippen molar-refractivity contribution in [1.82, 2.24) is 15.3 Å². The summed E-state index contributed by atoms with van der Waals surface area (Å²) in [5, 5.41) is 19.0. The van der Waals surface area contributed by atoms with Gasteiger partial charge in [0.25, 0.3) is 5.69 Å². The highest BCUT2D eigenvalue weighted by atomic mass is 19.1. The van der Waals surface area contributed by atoms with Gasteiger partial charge in [0.2, 0.25) is 0 Å². The summed E-state index contributed by atoms with van der Waals surface area (Å²) >= 11 is 0. The van der Waals surface area contributed by atoms with E-state index in [-0.39, 0.29) is 16.4 Å². The van der Waals surface area contributed by atoms with Gasteiger partial charge in [-0.15, -0.1) is 0 Å². The molecule has 0 aliphatic carbocycles. The Morgan fingerprint density at radius 3 is 2.80 bits per heavy atom. The molecular formula is C21H23FN6O2. The van der Waals surface area contributed by atoms with Crippen LogP contribution in [0.2, 0.25) is 0 Å². The highest BCUT2D eigenvalue weighted by Gasteiger charge is 2.23. The number of rotatable bonds is 6. The number of benzene rings is 2.